The Balaban J connectivity index is 1.56. The van der Waals surface area contributed by atoms with Crippen molar-refractivity contribution in [1.82, 2.24) is 30.8 Å². The Labute approximate surface area is 166 Å². The standard InChI is InChI=1S/C17H21ClN6O2S/c1-11(15(25)20-16(26)19-13-5-3-2-4-6-13)27-17-21-22-23-24(17)14-9-7-12(18)8-10-14/h7-11,13H,2-6H2,1H3,(H2,19,20,25,26)/t11-/m0/s1. The zero-order valence-corrected chi connectivity index (χ0v) is 16.5. The van der Waals surface area contributed by atoms with Crippen LogP contribution in [0.5, 0.6) is 0 Å². The fourth-order valence-electron chi connectivity index (χ4n) is 2.89. The minimum absolute atomic E-state index is 0.145. The van der Waals surface area contributed by atoms with Crippen LogP contribution in [0.25, 0.3) is 5.69 Å². The molecule has 1 aliphatic rings. The maximum Gasteiger partial charge on any atom is 0.321 e. The summed E-state index contributed by atoms with van der Waals surface area (Å²) in [6, 6.07) is 6.73. The smallest absolute Gasteiger partial charge is 0.321 e. The topological polar surface area (TPSA) is 102 Å². The zero-order valence-electron chi connectivity index (χ0n) is 14.9. The number of tetrazole rings is 1. The molecule has 8 nitrogen and oxygen atoms in total. The molecule has 1 aromatic heterocycles. The van der Waals surface area contributed by atoms with Gasteiger partial charge in [-0.3, -0.25) is 10.1 Å². The Bertz CT molecular complexity index is 791. The van der Waals surface area contributed by atoms with E-state index in [4.69, 9.17) is 11.6 Å². The predicted octanol–water partition coefficient (Wildman–Crippen LogP) is 2.95. The second kappa shape index (κ2) is 9.18. The first-order chi connectivity index (χ1) is 13.0. The van der Waals surface area contributed by atoms with Crippen LogP contribution in [0.15, 0.2) is 29.4 Å². The minimum atomic E-state index is -0.542. The van der Waals surface area contributed by atoms with E-state index in [1.54, 1.807) is 31.2 Å². The van der Waals surface area contributed by atoms with Gasteiger partial charge in [-0.25, -0.2) is 4.79 Å². The number of benzene rings is 1. The summed E-state index contributed by atoms with van der Waals surface area (Å²) in [5, 5.41) is 17.4. The van der Waals surface area contributed by atoms with E-state index in [2.05, 4.69) is 26.2 Å². The van der Waals surface area contributed by atoms with E-state index in [9.17, 15) is 9.59 Å². The van der Waals surface area contributed by atoms with E-state index in [1.165, 1.54) is 22.9 Å². The van der Waals surface area contributed by atoms with Crippen LogP contribution in [0.2, 0.25) is 5.02 Å². The van der Waals surface area contributed by atoms with Crippen molar-refractivity contribution in [3.05, 3.63) is 29.3 Å². The molecule has 10 heteroatoms. The van der Waals surface area contributed by atoms with Crippen molar-refractivity contribution < 1.29 is 9.59 Å². The van der Waals surface area contributed by atoms with E-state index in [0.717, 1.165) is 31.4 Å². The molecular formula is C17H21ClN6O2S. The summed E-state index contributed by atoms with van der Waals surface area (Å²) < 4.78 is 1.52. The number of aromatic nitrogens is 4. The van der Waals surface area contributed by atoms with Gasteiger partial charge in [-0.05, 0) is 54.5 Å². The van der Waals surface area contributed by atoms with Gasteiger partial charge in [0.05, 0.1) is 10.9 Å². The lowest BCUT2D eigenvalue weighted by Crippen LogP contribution is -2.47. The fourth-order valence-corrected chi connectivity index (χ4v) is 3.82. The predicted molar refractivity (Wildman–Crippen MR) is 103 cm³/mol. The monoisotopic (exact) mass is 408 g/mol. The zero-order chi connectivity index (χ0) is 19.2. The van der Waals surface area contributed by atoms with Crippen LogP contribution in [0.1, 0.15) is 39.0 Å². The number of carbonyl (C=O) groups excluding carboxylic acids is 2. The Kier molecular flexibility index (Phi) is 6.68. The molecule has 0 aliphatic heterocycles. The highest BCUT2D eigenvalue weighted by atomic mass is 35.5. The third kappa shape index (κ3) is 5.43. The summed E-state index contributed by atoms with van der Waals surface area (Å²) in [4.78, 5) is 24.4. The molecule has 1 fully saturated rings. The van der Waals surface area contributed by atoms with Crippen molar-refractivity contribution in [2.45, 2.75) is 55.5 Å². The number of rotatable bonds is 5. The highest BCUT2D eigenvalue weighted by Crippen LogP contribution is 2.23. The number of urea groups is 1. The molecule has 3 amide bonds. The van der Waals surface area contributed by atoms with E-state index in [0.29, 0.717) is 10.2 Å². The highest BCUT2D eigenvalue weighted by molar-refractivity contribution is 8.00. The largest absolute Gasteiger partial charge is 0.335 e. The number of halogens is 1. The van der Waals surface area contributed by atoms with Crippen LogP contribution in [-0.4, -0.2) is 43.4 Å². The second-order valence-corrected chi connectivity index (χ2v) is 8.15. The Hall–Kier alpha value is -2.13. The molecule has 0 spiro atoms. The first kappa shape index (κ1) is 19.6. The number of imide groups is 1. The normalized spacial score (nSPS) is 15.9. The van der Waals surface area contributed by atoms with Gasteiger partial charge in [0.1, 0.15) is 0 Å². The van der Waals surface area contributed by atoms with Crippen LogP contribution in [-0.2, 0) is 4.79 Å². The molecule has 0 bridgehead atoms. The number of hydrogen-bond donors (Lipinski definition) is 2. The molecule has 27 heavy (non-hydrogen) atoms. The third-order valence-corrected chi connectivity index (χ3v) is 5.63. The highest BCUT2D eigenvalue weighted by Gasteiger charge is 2.22. The van der Waals surface area contributed by atoms with Gasteiger partial charge in [0.2, 0.25) is 11.1 Å². The first-order valence-electron chi connectivity index (χ1n) is 8.85. The number of amides is 3. The first-order valence-corrected chi connectivity index (χ1v) is 10.1. The van der Waals surface area contributed by atoms with Crippen molar-refractivity contribution in [2.24, 2.45) is 0 Å². The minimum Gasteiger partial charge on any atom is -0.335 e. The van der Waals surface area contributed by atoms with E-state index in [1.807, 2.05) is 0 Å². The number of hydrogen-bond acceptors (Lipinski definition) is 6. The summed E-state index contributed by atoms with van der Waals surface area (Å²) in [6.07, 6.45) is 5.34. The van der Waals surface area contributed by atoms with Gasteiger partial charge < -0.3 is 5.32 Å². The molecule has 1 atom stereocenters. The molecular weight excluding hydrogens is 388 g/mol. The van der Waals surface area contributed by atoms with Crippen LogP contribution in [0, 0.1) is 0 Å². The average Bonchev–Trinajstić information content (AvgIpc) is 3.11. The van der Waals surface area contributed by atoms with Crippen molar-refractivity contribution in [2.75, 3.05) is 0 Å². The lowest BCUT2D eigenvalue weighted by atomic mass is 9.96. The lowest BCUT2D eigenvalue weighted by Gasteiger charge is -2.23. The van der Waals surface area contributed by atoms with Gasteiger partial charge in [-0.2, -0.15) is 4.68 Å². The quantitative estimate of drug-likeness (QED) is 0.737. The van der Waals surface area contributed by atoms with Crippen molar-refractivity contribution in [3.63, 3.8) is 0 Å². The molecule has 0 saturated heterocycles. The Morgan fingerprint density at radius 1 is 1.22 bits per heavy atom. The number of carbonyl (C=O) groups is 2. The molecule has 1 aromatic carbocycles. The molecule has 1 saturated carbocycles. The maximum atomic E-state index is 12.3. The fraction of sp³-hybridized carbons (Fsp3) is 0.471. The molecule has 0 unspecified atom stereocenters. The summed E-state index contributed by atoms with van der Waals surface area (Å²) in [5.41, 5.74) is 0.731. The van der Waals surface area contributed by atoms with E-state index < -0.39 is 11.3 Å². The van der Waals surface area contributed by atoms with Gasteiger partial charge in [0.25, 0.3) is 0 Å². The summed E-state index contributed by atoms with van der Waals surface area (Å²) >= 11 is 7.07. The molecule has 3 rings (SSSR count). The van der Waals surface area contributed by atoms with Gasteiger partial charge in [-0.1, -0.05) is 42.6 Å². The number of thioether (sulfide) groups is 1. The van der Waals surface area contributed by atoms with Gasteiger partial charge in [0, 0.05) is 11.1 Å². The maximum absolute atomic E-state index is 12.3. The summed E-state index contributed by atoms with van der Waals surface area (Å²) in [7, 11) is 0. The van der Waals surface area contributed by atoms with Crippen molar-refractivity contribution in [1.29, 1.82) is 0 Å². The average molecular weight is 409 g/mol. The second-order valence-electron chi connectivity index (χ2n) is 6.41. The molecule has 2 aromatic rings. The summed E-state index contributed by atoms with van der Waals surface area (Å²) in [5.74, 6) is -0.390. The SMILES string of the molecule is C[C@H](Sc1nnnn1-c1ccc(Cl)cc1)C(=O)NC(=O)NC1CCCCC1. The van der Waals surface area contributed by atoms with Crippen LogP contribution < -0.4 is 10.6 Å². The van der Waals surface area contributed by atoms with E-state index in [-0.39, 0.29) is 11.9 Å². The van der Waals surface area contributed by atoms with E-state index >= 15 is 0 Å². The molecule has 1 aliphatic carbocycles. The van der Waals surface area contributed by atoms with Gasteiger partial charge >= 0.3 is 6.03 Å². The molecule has 1 heterocycles. The number of nitrogens with zero attached hydrogens (tertiary/aromatic N) is 4. The Morgan fingerprint density at radius 3 is 2.63 bits per heavy atom. The summed E-state index contributed by atoms with van der Waals surface area (Å²) in [6.45, 7) is 1.70. The molecule has 2 N–H and O–H groups in total. The molecule has 144 valence electrons. The third-order valence-electron chi connectivity index (χ3n) is 4.34. The van der Waals surface area contributed by atoms with Crippen LogP contribution in [0.4, 0.5) is 4.79 Å². The lowest BCUT2D eigenvalue weighted by molar-refractivity contribution is -0.119. The van der Waals surface area contributed by atoms with Crippen LogP contribution >= 0.6 is 23.4 Å². The van der Waals surface area contributed by atoms with Crippen molar-refractivity contribution >= 4 is 35.3 Å². The Morgan fingerprint density at radius 2 is 1.93 bits per heavy atom. The van der Waals surface area contributed by atoms with Crippen LogP contribution in [0.3, 0.4) is 0 Å². The van der Waals surface area contributed by atoms with Crippen molar-refractivity contribution in [3.8, 4) is 5.69 Å². The molecule has 0 radical (unpaired) electrons. The van der Waals surface area contributed by atoms with Gasteiger partial charge in [0.15, 0.2) is 0 Å². The van der Waals surface area contributed by atoms with Gasteiger partial charge in [-0.15, -0.1) is 5.10 Å². The number of nitrogens with one attached hydrogen (secondary N) is 2.